The number of oxime groups is 1. The van der Waals surface area contributed by atoms with Gasteiger partial charge in [0, 0.05) is 5.38 Å². The molecule has 1 aliphatic heterocycles. The summed E-state index contributed by atoms with van der Waals surface area (Å²) in [7, 11) is -3.87. The molecule has 1 aromatic rings. The molecule has 30 heavy (non-hydrogen) atoms. The summed E-state index contributed by atoms with van der Waals surface area (Å²) >= 11 is 1.02. The van der Waals surface area contributed by atoms with Crippen molar-refractivity contribution in [3.8, 4) is 0 Å². The number of rotatable bonds is 9. The van der Waals surface area contributed by atoms with Crippen molar-refractivity contribution < 1.29 is 36.9 Å². The average molecular weight is 473 g/mol. The van der Waals surface area contributed by atoms with Crippen molar-refractivity contribution in [2.24, 2.45) is 5.16 Å². The molecule has 0 saturated carbocycles. The minimum atomic E-state index is -5.04. The number of nitrogen functional groups attached to an aromatic ring is 1. The van der Waals surface area contributed by atoms with Crippen molar-refractivity contribution >= 4 is 79.8 Å². The molecule has 2 amide bonds. The number of ether oxygens (including phenoxy) is 1. The van der Waals surface area contributed by atoms with E-state index in [9.17, 15) is 27.4 Å². The van der Waals surface area contributed by atoms with Gasteiger partial charge in [-0.3, -0.25) is 14.1 Å². The Hall–Kier alpha value is -1.78. The van der Waals surface area contributed by atoms with Crippen molar-refractivity contribution in [2.75, 3.05) is 19.5 Å². The Morgan fingerprint density at radius 3 is 2.63 bits per heavy atom. The van der Waals surface area contributed by atoms with Crippen LogP contribution in [0.2, 0.25) is 0 Å². The van der Waals surface area contributed by atoms with Crippen LogP contribution in [-0.2, 0) is 34.3 Å². The molecule has 2 heterocycles. The van der Waals surface area contributed by atoms with Gasteiger partial charge in [0.2, 0.25) is 0 Å². The molecule has 0 bridgehead atoms. The average Bonchev–Trinajstić information content (AvgIpc) is 3.06. The van der Waals surface area contributed by atoms with Crippen LogP contribution in [0.15, 0.2) is 10.5 Å². The van der Waals surface area contributed by atoms with Crippen molar-refractivity contribution in [1.82, 2.24) is 14.6 Å². The van der Waals surface area contributed by atoms with Gasteiger partial charge in [0.25, 0.3) is 11.8 Å². The van der Waals surface area contributed by atoms with Crippen molar-refractivity contribution in [2.45, 2.75) is 31.8 Å². The Morgan fingerprint density at radius 2 is 2.13 bits per heavy atom. The van der Waals surface area contributed by atoms with E-state index in [0.29, 0.717) is 12.8 Å². The third-order valence-electron chi connectivity index (χ3n) is 3.73. The van der Waals surface area contributed by atoms with Crippen LogP contribution in [0.5, 0.6) is 0 Å². The summed E-state index contributed by atoms with van der Waals surface area (Å²) in [5, 5.41) is 7.27. The zero-order valence-corrected chi connectivity index (χ0v) is 17.0. The van der Waals surface area contributed by atoms with E-state index in [1.807, 2.05) is 6.92 Å². The van der Waals surface area contributed by atoms with Gasteiger partial charge in [0.05, 0.1) is 6.61 Å². The second-order valence-electron chi connectivity index (χ2n) is 5.72. The number of unbranched alkanes of at least 4 members (excludes halogenated alkanes) is 1. The summed E-state index contributed by atoms with van der Waals surface area (Å²) in [5.74, 6) is -3.28. The van der Waals surface area contributed by atoms with Gasteiger partial charge in [0.15, 0.2) is 16.9 Å². The van der Waals surface area contributed by atoms with Gasteiger partial charge in [-0.25, -0.2) is 9.78 Å². The number of esters is 1. The fraction of sp³-hybridized carbons (Fsp3) is 0.500. The number of anilines is 1. The van der Waals surface area contributed by atoms with Crippen LogP contribution in [0.1, 0.15) is 25.5 Å². The van der Waals surface area contributed by atoms with Gasteiger partial charge >= 0.3 is 45.8 Å². The molecule has 1 aliphatic rings. The fourth-order valence-corrected chi connectivity index (χ4v) is 3.78. The van der Waals surface area contributed by atoms with E-state index < -0.39 is 40.2 Å². The number of carbonyl (C=O) groups is 3. The summed E-state index contributed by atoms with van der Waals surface area (Å²) in [6, 6.07) is -3.36. The first-order valence-corrected chi connectivity index (χ1v) is 10.5. The summed E-state index contributed by atoms with van der Waals surface area (Å²) in [6.07, 6.45) is 1.21. The van der Waals surface area contributed by atoms with Crippen molar-refractivity contribution in [3.63, 3.8) is 0 Å². The van der Waals surface area contributed by atoms with Gasteiger partial charge in [-0.2, -0.15) is 12.7 Å². The second-order valence-corrected chi connectivity index (χ2v) is 7.90. The molecule has 0 radical (unpaired) electrons. The van der Waals surface area contributed by atoms with Crippen LogP contribution in [-0.4, -0.2) is 101 Å². The number of hydrogen-bond acceptors (Lipinski definition) is 11. The van der Waals surface area contributed by atoms with Crippen LogP contribution < -0.4 is 11.1 Å². The fourth-order valence-electron chi connectivity index (χ4n) is 2.40. The quantitative estimate of drug-likeness (QED) is 0.0706. The summed E-state index contributed by atoms with van der Waals surface area (Å²) in [5.41, 5.74) is 5.22. The molecule has 0 spiro atoms. The number of amides is 2. The number of carbonyl (C=O) groups excluding carboxylic acids is 3. The summed E-state index contributed by atoms with van der Waals surface area (Å²) < 4.78 is 37.0. The zero-order valence-electron chi connectivity index (χ0n) is 15.4. The number of hydrogen-bond donors (Lipinski definition) is 3. The molecular formula is C14H20N5NaO8S2. The van der Waals surface area contributed by atoms with E-state index in [1.165, 1.54) is 12.5 Å². The van der Waals surface area contributed by atoms with E-state index in [2.05, 4.69) is 20.3 Å². The molecule has 0 aromatic carbocycles. The Labute approximate surface area is 198 Å². The number of nitrogens with zero attached hydrogens (tertiary/aromatic N) is 3. The minimum absolute atomic E-state index is 0. The number of β-lactam (4-membered cyclic amide) rings is 1. The van der Waals surface area contributed by atoms with Crippen LogP contribution in [0, 0.1) is 0 Å². The van der Waals surface area contributed by atoms with Crippen LogP contribution in [0.25, 0.3) is 0 Å². The standard InChI is InChI=1S/C14H19N5O8S2.Na.H/c1-3-4-5-27-13(22)10-9(12(21)19(10)29(23,24)25)17-11(20)8(18-26-2)7-6-28-14(15)16-7;;/h6,9-10H,3-5H2,1-2H3,(H2,15,16)(H,17,20)(H,23,24,25);;/b18-8-;;. The topological polar surface area (TPSA) is 191 Å². The van der Waals surface area contributed by atoms with Crippen molar-refractivity contribution in [3.05, 3.63) is 11.1 Å². The first-order chi connectivity index (χ1) is 13.6. The second kappa shape index (κ2) is 11.0. The number of thiazole rings is 1. The van der Waals surface area contributed by atoms with E-state index >= 15 is 0 Å². The molecule has 1 fully saturated rings. The zero-order chi connectivity index (χ0) is 21.8. The molecule has 1 aromatic heterocycles. The Balaban J connectivity index is 0.00000450. The van der Waals surface area contributed by atoms with Crippen molar-refractivity contribution in [1.29, 1.82) is 0 Å². The molecule has 0 aliphatic carbocycles. The van der Waals surface area contributed by atoms with E-state index in [4.69, 9.17) is 10.5 Å². The maximum atomic E-state index is 12.5. The number of nitrogens with one attached hydrogen (secondary N) is 1. The van der Waals surface area contributed by atoms with Gasteiger partial charge in [-0.1, -0.05) is 18.5 Å². The number of aromatic nitrogens is 1. The Morgan fingerprint density at radius 1 is 1.47 bits per heavy atom. The van der Waals surface area contributed by atoms with E-state index in [-0.39, 0.29) is 57.0 Å². The van der Waals surface area contributed by atoms with Gasteiger partial charge < -0.3 is 20.6 Å². The SMILES string of the molecule is CCCCOC(=O)C1C(NC(=O)/C(=N\OC)c2csc(N)n2)C(=O)N1S(=O)(=O)O.[NaH]. The van der Waals surface area contributed by atoms with Gasteiger partial charge in [-0.15, -0.1) is 11.3 Å². The first-order valence-electron chi connectivity index (χ1n) is 8.22. The predicted molar refractivity (Wildman–Crippen MR) is 107 cm³/mol. The molecule has 4 N–H and O–H groups in total. The predicted octanol–water partition coefficient (Wildman–Crippen LogP) is -1.73. The molecule has 2 rings (SSSR count). The van der Waals surface area contributed by atoms with E-state index in [0.717, 1.165) is 11.3 Å². The van der Waals surface area contributed by atoms with Gasteiger partial charge in [0.1, 0.15) is 18.8 Å². The van der Waals surface area contributed by atoms with Gasteiger partial charge in [-0.05, 0) is 6.42 Å². The summed E-state index contributed by atoms with van der Waals surface area (Å²) in [6.45, 7) is 1.82. The third kappa shape index (κ3) is 5.89. The third-order valence-corrected chi connectivity index (χ3v) is 5.31. The molecule has 1 saturated heterocycles. The first kappa shape index (κ1) is 26.3. The molecule has 13 nitrogen and oxygen atoms in total. The molecule has 2 atom stereocenters. The summed E-state index contributed by atoms with van der Waals surface area (Å²) in [4.78, 5) is 45.4. The molecule has 16 heteroatoms. The molecule has 2 unspecified atom stereocenters. The molecule has 162 valence electrons. The molecular weight excluding hydrogens is 453 g/mol. The van der Waals surface area contributed by atoms with Crippen LogP contribution in [0.3, 0.4) is 0 Å². The Bertz CT molecular complexity index is 935. The monoisotopic (exact) mass is 473 g/mol. The van der Waals surface area contributed by atoms with E-state index in [1.54, 1.807) is 0 Å². The van der Waals surface area contributed by atoms with Crippen LogP contribution in [0.4, 0.5) is 5.13 Å². The maximum absolute atomic E-state index is 12.5. The van der Waals surface area contributed by atoms with Crippen LogP contribution >= 0.6 is 11.3 Å². The normalized spacial score (nSPS) is 18.8. The number of nitrogens with two attached hydrogens (primary N) is 1. The Kier molecular flexibility index (Phi) is 9.64.